The summed E-state index contributed by atoms with van der Waals surface area (Å²) in [5.41, 5.74) is 1.72. The van der Waals surface area contributed by atoms with E-state index in [4.69, 9.17) is 14.2 Å². The molecule has 3 aromatic carbocycles. The average Bonchev–Trinajstić information content (AvgIpc) is 2.87. The molecule has 0 amide bonds. The summed E-state index contributed by atoms with van der Waals surface area (Å²) in [6.07, 6.45) is 3.53. The number of fused-ring (bicyclic) bond motifs is 2. The normalized spacial score (nSPS) is 12.7. The van der Waals surface area contributed by atoms with Crippen LogP contribution < -0.4 is 19.8 Å². The van der Waals surface area contributed by atoms with Crippen LogP contribution in [0.4, 0.5) is 0 Å². The van der Waals surface area contributed by atoms with Gasteiger partial charge in [-0.2, -0.15) is 0 Å². The molecule has 0 aliphatic carbocycles. The lowest BCUT2D eigenvalue weighted by Gasteiger charge is -2.21. The van der Waals surface area contributed by atoms with Crippen LogP contribution in [0, 0.1) is 0 Å². The Hall–Kier alpha value is -4.59. The molecule has 0 saturated heterocycles. The van der Waals surface area contributed by atoms with Crippen LogP contribution in [0.5, 0.6) is 17.2 Å². The lowest BCUT2D eigenvalue weighted by Crippen LogP contribution is -2.22. The van der Waals surface area contributed by atoms with E-state index < -0.39 is 5.97 Å². The number of carbonyl (C=O) groups is 1. The van der Waals surface area contributed by atoms with E-state index in [2.05, 4.69) is 4.98 Å². The fourth-order valence-corrected chi connectivity index (χ4v) is 3.82. The van der Waals surface area contributed by atoms with Gasteiger partial charge in [0.15, 0.2) is 11.5 Å². The van der Waals surface area contributed by atoms with Crippen molar-refractivity contribution in [3.05, 3.63) is 88.0 Å². The highest BCUT2D eigenvalue weighted by Crippen LogP contribution is 2.40. The number of aromatic carboxylic acids is 1. The molecule has 0 saturated carbocycles. The fourth-order valence-electron chi connectivity index (χ4n) is 3.82. The van der Waals surface area contributed by atoms with Crippen molar-refractivity contribution >= 4 is 29.0 Å². The molecule has 0 fully saturated rings. The zero-order valence-electron chi connectivity index (χ0n) is 18.2. The third-order valence-electron chi connectivity index (χ3n) is 5.45. The SMILES string of the molecule is COc1cc(/C=C/c2nc3ccccc3c(=O)n2-c2ccc(C(=O)O)cc2)cc2c1OCCO2. The maximum Gasteiger partial charge on any atom is 0.335 e. The molecule has 0 bridgehead atoms. The molecule has 34 heavy (non-hydrogen) atoms. The molecule has 0 radical (unpaired) electrons. The number of ether oxygens (including phenoxy) is 3. The summed E-state index contributed by atoms with van der Waals surface area (Å²) < 4.78 is 18.3. The molecule has 1 aliphatic rings. The predicted octanol–water partition coefficient (Wildman–Crippen LogP) is 4.03. The van der Waals surface area contributed by atoms with E-state index >= 15 is 0 Å². The van der Waals surface area contributed by atoms with Crippen molar-refractivity contribution in [3.8, 4) is 22.9 Å². The zero-order valence-corrected chi connectivity index (χ0v) is 18.2. The van der Waals surface area contributed by atoms with Gasteiger partial charge in [-0.1, -0.05) is 18.2 Å². The third kappa shape index (κ3) is 3.86. The molecule has 1 N–H and O–H groups in total. The number of rotatable bonds is 5. The van der Waals surface area contributed by atoms with Crippen molar-refractivity contribution in [2.75, 3.05) is 20.3 Å². The van der Waals surface area contributed by atoms with Gasteiger partial charge in [0.1, 0.15) is 19.0 Å². The smallest absolute Gasteiger partial charge is 0.335 e. The Morgan fingerprint density at radius 3 is 2.59 bits per heavy atom. The molecule has 170 valence electrons. The van der Waals surface area contributed by atoms with E-state index in [0.717, 1.165) is 5.56 Å². The molecular formula is C26H20N2O6. The standard InChI is InChI=1S/C26H20N2O6/c1-32-21-14-16(15-22-24(21)34-13-12-33-22)6-11-23-27-20-5-3-2-4-19(20)25(29)28(23)18-9-7-17(8-10-18)26(30)31/h2-11,14-15H,12-13H2,1H3,(H,30,31)/b11-6+. The Kier molecular flexibility index (Phi) is 5.47. The topological polar surface area (TPSA) is 99.9 Å². The first-order valence-corrected chi connectivity index (χ1v) is 10.6. The van der Waals surface area contributed by atoms with Crippen LogP contribution in [0.1, 0.15) is 21.7 Å². The van der Waals surface area contributed by atoms with Gasteiger partial charge in [0.25, 0.3) is 5.56 Å². The highest BCUT2D eigenvalue weighted by Gasteiger charge is 2.18. The van der Waals surface area contributed by atoms with Crippen LogP contribution in [0.25, 0.3) is 28.7 Å². The minimum Gasteiger partial charge on any atom is -0.493 e. The summed E-state index contributed by atoms with van der Waals surface area (Å²) in [4.78, 5) is 29.3. The molecule has 1 aliphatic heterocycles. The molecule has 8 nitrogen and oxygen atoms in total. The highest BCUT2D eigenvalue weighted by atomic mass is 16.6. The number of nitrogens with zero attached hydrogens (tertiary/aromatic N) is 2. The summed E-state index contributed by atoms with van der Waals surface area (Å²) in [6.45, 7) is 0.897. The Bertz CT molecular complexity index is 1470. The average molecular weight is 456 g/mol. The van der Waals surface area contributed by atoms with E-state index in [1.165, 1.54) is 16.7 Å². The summed E-state index contributed by atoms with van der Waals surface area (Å²) >= 11 is 0. The van der Waals surface area contributed by atoms with Crippen molar-refractivity contribution in [1.82, 2.24) is 9.55 Å². The van der Waals surface area contributed by atoms with Gasteiger partial charge in [0.05, 0.1) is 29.3 Å². The molecule has 5 rings (SSSR count). The van der Waals surface area contributed by atoms with Crippen molar-refractivity contribution in [1.29, 1.82) is 0 Å². The first-order valence-electron chi connectivity index (χ1n) is 10.6. The maximum absolute atomic E-state index is 13.4. The fraction of sp³-hybridized carbons (Fsp3) is 0.115. The van der Waals surface area contributed by atoms with Gasteiger partial charge in [-0.3, -0.25) is 9.36 Å². The Morgan fingerprint density at radius 2 is 1.82 bits per heavy atom. The number of hydrogen-bond donors (Lipinski definition) is 1. The number of methoxy groups -OCH3 is 1. The second-order valence-corrected chi connectivity index (χ2v) is 7.56. The van der Waals surface area contributed by atoms with Crippen LogP contribution in [0.3, 0.4) is 0 Å². The number of para-hydroxylation sites is 1. The predicted molar refractivity (Wildman–Crippen MR) is 127 cm³/mol. The van der Waals surface area contributed by atoms with Crippen molar-refractivity contribution in [2.24, 2.45) is 0 Å². The Labute approximate surface area is 194 Å². The summed E-state index contributed by atoms with van der Waals surface area (Å²) in [5, 5.41) is 9.67. The Balaban J connectivity index is 1.64. The number of carboxylic acid groups (broad SMARTS) is 1. The van der Waals surface area contributed by atoms with Crippen LogP contribution in [-0.2, 0) is 0 Å². The van der Waals surface area contributed by atoms with Gasteiger partial charge in [0.2, 0.25) is 5.75 Å². The third-order valence-corrected chi connectivity index (χ3v) is 5.45. The number of aromatic nitrogens is 2. The Morgan fingerprint density at radius 1 is 1.06 bits per heavy atom. The van der Waals surface area contributed by atoms with Crippen molar-refractivity contribution < 1.29 is 24.1 Å². The van der Waals surface area contributed by atoms with Crippen LogP contribution in [0.15, 0.2) is 65.5 Å². The second kappa shape index (κ2) is 8.74. The molecule has 1 aromatic heterocycles. The number of carboxylic acids is 1. The lowest BCUT2D eigenvalue weighted by atomic mass is 10.1. The minimum atomic E-state index is -1.04. The maximum atomic E-state index is 13.4. The van der Waals surface area contributed by atoms with Crippen LogP contribution >= 0.6 is 0 Å². The van der Waals surface area contributed by atoms with E-state index in [9.17, 15) is 14.7 Å². The van der Waals surface area contributed by atoms with Gasteiger partial charge in [-0.25, -0.2) is 9.78 Å². The first kappa shape index (κ1) is 21.3. The van der Waals surface area contributed by atoms with E-state index in [1.807, 2.05) is 18.2 Å². The molecule has 2 heterocycles. The summed E-state index contributed by atoms with van der Waals surface area (Å²) in [7, 11) is 1.56. The first-order chi connectivity index (χ1) is 16.5. The molecule has 4 aromatic rings. The zero-order chi connectivity index (χ0) is 23.7. The number of hydrogen-bond acceptors (Lipinski definition) is 6. The van der Waals surface area contributed by atoms with Gasteiger partial charge < -0.3 is 19.3 Å². The summed E-state index contributed by atoms with van der Waals surface area (Å²) in [5.74, 6) is 1.04. The van der Waals surface area contributed by atoms with Crippen LogP contribution in [-0.4, -0.2) is 41.0 Å². The number of benzene rings is 3. The van der Waals surface area contributed by atoms with E-state index in [1.54, 1.807) is 49.6 Å². The molecule has 0 spiro atoms. The van der Waals surface area contributed by atoms with Gasteiger partial charge in [0, 0.05) is 0 Å². The largest absolute Gasteiger partial charge is 0.493 e. The lowest BCUT2D eigenvalue weighted by molar-refractivity contribution is 0.0697. The summed E-state index contributed by atoms with van der Waals surface area (Å²) in [6, 6.07) is 16.8. The second-order valence-electron chi connectivity index (χ2n) is 7.56. The minimum absolute atomic E-state index is 0.131. The molecule has 8 heteroatoms. The monoisotopic (exact) mass is 456 g/mol. The molecule has 0 atom stereocenters. The van der Waals surface area contributed by atoms with Crippen molar-refractivity contribution in [2.45, 2.75) is 0 Å². The van der Waals surface area contributed by atoms with Gasteiger partial charge in [-0.15, -0.1) is 0 Å². The van der Waals surface area contributed by atoms with Crippen LogP contribution in [0.2, 0.25) is 0 Å². The van der Waals surface area contributed by atoms with Gasteiger partial charge in [-0.05, 0) is 60.2 Å². The van der Waals surface area contributed by atoms with E-state index in [0.29, 0.717) is 52.9 Å². The quantitative estimate of drug-likeness (QED) is 0.484. The molecule has 0 unspecified atom stereocenters. The molecular weight excluding hydrogens is 436 g/mol. The van der Waals surface area contributed by atoms with E-state index in [-0.39, 0.29) is 11.1 Å². The highest BCUT2D eigenvalue weighted by molar-refractivity contribution is 5.88. The van der Waals surface area contributed by atoms with Gasteiger partial charge >= 0.3 is 5.97 Å². The van der Waals surface area contributed by atoms with Crippen molar-refractivity contribution in [3.63, 3.8) is 0 Å².